The van der Waals surface area contributed by atoms with E-state index in [4.69, 9.17) is 16.3 Å². The van der Waals surface area contributed by atoms with Crippen LogP contribution in [0.5, 0.6) is 11.5 Å². The number of hydrogen-bond acceptors (Lipinski definition) is 7. The number of nitrogens with zero attached hydrogens (tertiary/aromatic N) is 4. The van der Waals surface area contributed by atoms with Gasteiger partial charge in [0, 0.05) is 22.2 Å². The molecule has 6 rings (SSSR count). The third-order valence-corrected chi connectivity index (χ3v) is 8.47. The lowest BCUT2D eigenvalue weighted by Crippen LogP contribution is -2.29. The van der Waals surface area contributed by atoms with E-state index >= 15 is 0 Å². The monoisotopic (exact) mass is 558 g/mol. The highest BCUT2D eigenvalue weighted by Crippen LogP contribution is 2.51. The summed E-state index contributed by atoms with van der Waals surface area (Å²) in [4.78, 5) is 11.3. The smallest absolute Gasteiger partial charge is 0.275 e. The molecule has 2 aliphatic rings. The fourth-order valence-electron chi connectivity index (χ4n) is 4.51. The summed E-state index contributed by atoms with van der Waals surface area (Å²) in [5.74, 6) is 0.666. The number of anilines is 1. The van der Waals surface area contributed by atoms with Gasteiger partial charge in [-0.2, -0.15) is 10.2 Å². The summed E-state index contributed by atoms with van der Waals surface area (Å²) in [5.41, 5.74) is 3.79. The van der Waals surface area contributed by atoms with Crippen LogP contribution in [0.1, 0.15) is 16.7 Å². The van der Waals surface area contributed by atoms with Crippen molar-refractivity contribution in [2.45, 2.75) is 11.8 Å². The van der Waals surface area contributed by atoms with Gasteiger partial charge in [0.2, 0.25) is 0 Å². The number of halogens is 1. The second-order valence-electron chi connectivity index (χ2n) is 9.09. The van der Waals surface area contributed by atoms with Crippen LogP contribution in [0.25, 0.3) is 11.6 Å². The number of aryl methyl sites for hydroxylation is 1. The zero-order chi connectivity index (χ0) is 27.3. The first-order valence-electron chi connectivity index (χ1n) is 11.8. The van der Waals surface area contributed by atoms with Gasteiger partial charge in [0.25, 0.3) is 15.7 Å². The van der Waals surface area contributed by atoms with Gasteiger partial charge in [-0.25, -0.2) is 8.42 Å². The fourth-order valence-corrected chi connectivity index (χ4v) is 6.09. The number of sulfonamides is 1. The second kappa shape index (κ2) is 9.33. The molecule has 2 heterocycles. The van der Waals surface area contributed by atoms with Crippen LogP contribution in [-0.4, -0.2) is 19.9 Å². The third-order valence-electron chi connectivity index (χ3n) is 6.44. The van der Waals surface area contributed by atoms with Crippen molar-refractivity contribution in [3.05, 3.63) is 111 Å². The lowest BCUT2D eigenvalue weighted by molar-refractivity contribution is -0.384. The molecule has 0 saturated heterocycles. The second-order valence-corrected chi connectivity index (χ2v) is 11.4. The molecule has 39 heavy (non-hydrogen) atoms. The molecule has 0 radical (unpaired) electrons. The molecular weight excluding hydrogens is 540 g/mol. The van der Waals surface area contributed by atoms with Crippen molar-refractivity contribution >= 4 is 56.0 Å². The molecular formula is C28H19ClN4O5S. The van der Waals surface area contributed by atoms with Crippen LogP contribution in [0.2, 0.25) is 5.02 Å². The van der Waals surface area contributed by atoms with Crippen molar-refractivity contribution in [3.63, 3.8) is 0 Å². The summed E-state index contributed by atoms with van der Waals surface area (Å²) in [7, 11) is -4.01. The minimum absolute atomic E-state index is 0.0149. The number of hydrogen-bond donors (Lipinski definition) is 0. The molecule has 4 aromatic rings. The highest BCUT2D eigenvalue weighted by Gasteiger charge is 2.38. The number of non-ortho nitro benzene ring substituents is 1. The van der Waals surface area contributed by atoms with Gasteiger partial charge < -0.3 is 4.74 Å². The predicted molar refractivity (Wildman–Crippen MR) is 149 cm³/mol. The molecule has 0 unspecified atom stereocenters. The quantitative estimate of drug-likeness (QED) is 0.141. The fraction of sp³-hybridized carbons (Fsp3) is 0.0714. The van der Waals surface area contributed by atoms with Crippen LogP contribution in [0, 0.1) is 17.0 Å². The molecule has 0 saturated carbocycles. The highest BCUT2D eigenvalue weighted by atomic mass is 35.5. The third kappa shape index (κ3) is 4.53. The van der Waals surface area contributed by atoms with Crippen LogP contribution in [0.3, 0.4) is 0 Å². The number of ether oxygens (including phenoxy) is 1. The van der Waals surface area contributed by atoms with Gasteiger partial charge in [-0.15, -0.1) is 0 Å². The minimum atomic E-state index is -4.01. The SMILES string of the molecule is Cc1ccc(S(=O)(=O)N2CC3=Cc4cc(N=Nc5ccc(Cl)cc5)ccc4Oc4cc([N+](=O)[O-])cc2c43)cc1. The summed E-state index contributed by atoms with van der Waals surface area (Å²) in [6, 6.07) is 21.2. The van der Waals surface area contributed by atoms with E-state index in [1.807, 2.05) is 13.0 Å². The Balaban J connectivity index is 1.44. The van der Waals surface area contributed by atoms with Crippen LogP contribution in [-0.2, 0) is 10.0 Å². The maximum absolute atomic E-state index is 13.7. The molecule has 4 aromatic carbocycles. The summed E-state index contributed by atoms with van der Waals surface area (Å²) < 4.78 is 34.6. The van der Waals surface area contributed by atoms with E-state index in [0.717, 1.165) is 5.56 Å². The van der Waals surface area contributed by atoms with Gasteiger partial charge in [-0.1, -0.05) is 29.3 Å². The number of azo groups is 1. The van der Waals surface area contributed by atoms with E-state index in [9.17, 15) is 18.5 Å². The van der Waals surface area contributed by atoms with E-state index in [1.54, 1.807) is 54.6 Å². The average Bonchev–Trinajstić information content (AvgIpc) is 3.20. The van der Waals surface area contributed by atoms with Crippen molar-refractivity contribution in [1.29, 1.82) is 0 Å². The molecule has 0 aliphatic carbocycles. The maximum Gasteiger partial charge on any atom is 0.275 e. The van der Waals surface area contributed by atoms with Crippen molar-refractivity contribution in [2.75, 3.05) is 10.8 Å². The summed E-state index contributed by atoms with van der Waals surface area (Å²) in [6.07, 6.45) is 1.82. The van der Waals surface area contributed by atoms with Gasteiger partial charge in [0.15, 0.2) is 0 Å². The Morgan fingerprint density at radius 1 is 0.923 bits per heavy atom. The van der Waals surface area contributed by atoms with Crippen molar-refractivity contribution in [3.8, 4) is 11.5 Å². The predicted octanol–water partition coefficient (Wildman–Crippen LogP) is 7.83. The van der Waals surface area contributed by atoms with Crippen molar-refractivity contribution < 1.29 is 18.1 Å². The first kappa shape index (κ1) is 24.8. The topological polar surface area (TPSA) is 114 Å². The van der Waals surface area contributed by atoms with Gasteiger partial charge in [-0.3, -0.25) is 14.4 Å². The first-order chi connectivity index (χ1) is 18.7. The molecule has 2 aliphatic heterocycles. The Kier molecular flexibility index (Phi) is 5.93. The van der Waals surface area contributed by atoms with Crippen LogP contribution < -0.4 is 9.04 Å². The number of nitro benzene ring substituents is 1. The Bertz CT molecular complexity index is 1820. The van der Waals surface area contributed by atoms with Crippen LogP contribution >= 0.6 is 11.6 Å². The van der Waals surface area contributed by atoms with Crippen LogP contribution in [0.15, 0.2) is 94.0 Å². The zero-order valence-corrected chi connectivity index (χ0v) is 22.0. The van der Waals surface area contributed by atoms with E-state index in [-0.39, 0.29) is 28.6 Å². The normalized spacial score (nSPS) is 13.9. The summed E-state index contributed by atoms with van der Waals surface area (Å²) in [5, 5.41) is 20.9. The molecule has 11 heteroatoms. The molecule has 0 aromatic heterocycles. The summed E-state index contributed by atoms with van der Waals surface area (Å²) in [6.45, 7) is 1.85. The maximum atomic E-state index is 13.7. The zero-order valence-electron chi connectivity index (χ0n) is 20.4. The lowest BCUT2D eigenvalue weighted by Gasteiger charge is -2.20. The van der Waals surface area contributed by atoms with E-state index in [2.05, 4.69) is 10.2 Å². The molecule has 194 valence electrons. The van der Waals surface area contributed by atoms with E-state index < -0.39 is 14.9 Å². The molecule has 0 spiro atoms. The lowest BCUT2D eigenvalue weighted by atomic mass is 10.0. The Labute approximate surface area is 228 Å². The average molecular weight is 559 g/mol. The number of nitro groups is 1. The van der Waals surface area contributed by atoms with Gasteiger partial charge in [-0.05, 0) is 73.2 Å². The summed E-state index contributed by atoms with van der Waals surface area (Å²) >= 11 is 5.93. The standard InChI is InChI=1S/C28H19ClN4O5S/c1-17-2-9-24(10-3-17)39(36,37)32-16-19-12-18-13-22(31-30-21-6-4-20(29)5-7-21)8-11-26(18)38-27-15-23(33(34)35)14-25(32)28(19)27/h2-15H,16H2,1H3. The molecule has 0 amide bonds. The Morgan fingerprint density at radius 3 is 2.33 bits per heavy atom. The highest BCUT2D eigenvalue weighted by molar-refractivity contribution is 7.92. The first-order valence-corrected chi connectivity index (χ1v) is 13.6. The number of fused-ring (bicyclic) bond motifs is 1. The van der Waals surface area contributed by atoms with Crippen LogP contribution in [0.4, 0.5) is 22.7 Å². The van der Waals surface area contributed by atoms with Crippen molar-refractivity contribution in [2.24, 2.45) is 10.2 Å². The minimum Gasteiger partial charge on any atom is -0.456 e. The van der Waals surface area contributed by atoms with Gasteiger partial charge in [0.05, 0.1) is 39.5 Å². The largest absolute Gasteiger partial charge is 0.456 e. The molecule has 0 N–H and O–H groups in total. The molecule has 0 bridgehead atoms. The Morgan fingerprint density at radius 2 is 1.62 bits per heavy atom. The number of benzene rings is 4. The molecule has 0 atom stereocenters. The number of rotatable bonds is 5. The molecule has 0 fully saturated rings. The molecule has 9 nitrogen and oxygen atoms in total. The van der Waals surface area contributed by atoms with E-state index in [0.29, 0.717) is 38.8 Å². The Hall–Kier alpha value is -4.54. The van der Waals surface area contributed by atoms with Crippen molar-refractivity contribution in [1.82, 2.24) is 0 Å². The van der Waals surface area contributed by atoms with Gasteiger partial charge >= 0.3 is 0 Å². The van der Waals surface area contributed by atoms with Gasteiger partial charge in [0.1, 0.15) is 11.5 Å². The van der Waals surface area contributed by atoms with E-state index in [1.165, 1.54) is 28.6 Å².